The molecule has 3 unspecified atom stereocenters. The molecular formula is C23H26Cl3N3O. The van der Waals surface area contributed by atoms with E-state index in [4.69, 9.17) is 40.5 Å². The number of rotatable bonds is 4. The third kappa shape index (κ3) is 4.63. The maximum atomic E-state index is 12.3. The van der Waals surface area contributed by atoms with E-state index in [9.17, 15) is 4.79 Å². The van der Waals surface area contributed by atoms with E-state index >= 15 is 0 Å². The highest BCUT2D eigenvalue weighted by Gasteiger charge is 2.43. The van der Waals surface area contributed by atoms with Gasteiger partial charge >= 0.3 is 0 Å². The summed E-state index contributed by atoms with van der Waals surface area (Å²) in [5.41, 5.74) is 7.96. The highest BCUT2D eigenvalue weighted by Crippen LogP contribution is 2.47. The van der Waals surface area contributed by atoms with Crippen LogP contribution < -0.4 is 5.73 Å². The van der Waals surface area contributed by atoms with E-state index in [2.05, 4.69) is 10.0 Å². The van der Waals surface area contributed by atoms with Gasteiger partial charge in [-0.05, 0) is 54.7 Å². The molecule has 30 heavy (non-hydrogen) atoms. The number of hydrogen-bond donors (Lipinski definition) is 1. The molecule has 2 heterocycles. The van der Waals surface area contributed by atoms with Gasteiger partial charge in [-0.15, -0.1) is 0 Å². The Labute approximate surface area is 192 Å². The van der Waals surface area contributed by atoms with Gasteiger partial charge in [0.2, 0.25) is 5.91 Å². The maximum Gasteiger partial charge on any atom is 0.221 e. The van der Waals surface area contributed by atoms with Gasteiger partial charge < -0.3 is 5.73 Å². The first-order valence-electron chi connectivity index (χ1n) is 10.5. The van der Waals surface area contributed by atoms with Gasteiger partial charge in [0, 0.05) is 40.6 Å². The first-order chi connectivity index (χ1) is 14.4. The van der Waals surface area contributed by atoms with Crippen molar-refractivity contribution in [3.8, 4) is 0 Å². The Kier molecular flexibility index (Phi) is 6.91. The van der Waals surface area contributed by atoms with Gasteiger partial charge in [-0.3, -0.25) is 4.79 Å². The third-order valence-electron chi connectivity index (χ3n) is 6.33. The van der Waals surface area contributed by atoms with Crippen molar-refractivity contribution >= 4 is 40.7 Å². The highest BCUT2D eigenvalue weighted by molar-refractivity contribution is 6.35. The van der Waals surface area contributed by atoms with E-state index < -0.39 is 0 Å². The van der Waals surface area contributed by atoms with Gasteiger partial charge in [0.05, 0.1) is 12.0 Å². The van der Waals surface area contributed by atoms with Crippen molar-refractivity contribution in [3.05, 3.63) is 68.7 Å². The van der Waals surface area contributed by atoms with Gasteiger partial charge in [0.25, 0.3) is 0 Å². The summed E-state index contributed by atoms with van der Waals surface area (Å²) in [5, 5.41) is 6.67. The van der Waals surface area contributed by atoms with E-state index in [0.29, 0.717) is 28.0 Å². The minimum Gasteiger partial charge on any atom is -0.369 e. The van der Waals surface area contributed by atoms with Crippen molar-refractivity contribution in [2.45, 2.75) is 37.6 Å². The van der Waals surface area contributed by atoms with E-state index in [-0.39, 0.29) is 23.8 Å². The maximum absolute atomic E-state index is 12.3. The summed E-state index contributed by atoms with van der Waals surface area (Å²) >= 11 is 19.0. The van der Waals surface area contributed by atoms with Crippen molar-refractivity contribution < 1.29 is 4.79 Å². The normalized spacial score (nSPS) is 25.9. The predicted molar refractivity (Wildman–Crippen MR) is 123 cm³/mol. The number of nitrogens with two attached hydrogens (primary N) is 1. The number of carbonyl (C=O) groups is 1. The zero-order valence-electron chi connectivity index (χ0n) is 16.7. The molecule has 0 saturated carbocycles. The Balaban J connectivity index is 1.81. The summed E-state index contributed by atoms with van der Waals surface area (Å²) in [6.07, 6.45) is 4.19. The second-order valence-corrected chi connectivity index (χ2v) is 9.52. The molecule has 3 atom stereocenters. The average molecular weight is 467 g/mol. The Morgan fingerprint density at radius 3 is 2.23 bits per heavy atom. The second-order valence-electron chi connectivity index (χ2n) is 8.24. The van der Waals surface area contributed by atoms with Gasteiger partial charge in [0.15, 0.2) is 0 Å². The average Bonchev–Trinajstić information content (AvgIpc) is 2.74. The second kappa shape index (κ2) is 9.46. The molecule has 4 nitrogen and oxygen atoms in total. The zero-order chi connectivity index (χ0) is 21.3. The number of hydrazine groups is 1. The zero-order valence-corrected chi connectivity index (χ0v) is 19.0. The minimum atomic E-state index is -0.253. The van der Waals surface area contributed by atoms with Gasteiger partial charge in [-0.25, -0.2) is 10.0 Å². The largest absolute Gasteiger partial charge is 0.369 e. The smallest absolute Gasteiger partial charge is 0.221 e. The van der Waals surface area contributed by atoms with E-state index in [0.717, 1.165) is 37.1 Å². The number of carbonyl (C=O) groups excluding carboxylic acids is 1. The number of hydrogen-bond acceptors (Lipinski definition) is 3. The quantitative estimate of drug-likeness (QED) is 0.630. The molecule has 160 valence electrons. The van der Waals surface area contributed by atoms with Gasteiger partial charge in [-0.1, -0.05) is 59.4 Å². The van der Waals surface area contributed by atoms with E-state index in [1.54, 1.807) is 6.07 Å². The molecule has 7 heteroatoms. The third-order valence-corrected chi connectivity index (χ3v) is 7.14. The van der Waals surface area contributed by atoms with Crippen LogP contribution in [0.2, 0.25) is 15.1 Å². The minimum absolute atomic E-state index is 0.00959. The van der Waals surface area contributed by atoms with Crippen LogP contribution in [0, 0.1) is 5.92 Å². The van der Waals surface area contributed by atoms with Gasteiger partial charge in [-0.2, -0.15) is 0 Å². The Morgan fingerprint density at radius 1 is 0.933 bits per heavy atom. The molecule has 0 radical (unpaired) electrons. The first kappa shape index (κ1) is 21.9. The lowest BCUT2D eigenvalue weighted by molar-refractivity contribution is -0.138. The molecule has 2 saturated heterocycles. The van der Waals surface area contributed by atoms with E-state index in [1.807, 2.05) is 36.4 Å². The lowest BCUT2D eigenvalue weighted by Crippen LogP contribution is -2.55. The summed E-state index contributed by atoms with van der Waals surface area (Å²) in [6.45, 7) is 2.55. The number of nitrogens with zero attached hydrogens (tertiary/aromatic N) is 2. The highest BCUT2D eigenvalue weighted by atomic mass is 35.5. The Hall–Kier alpha value is -1.30. The van der Waals surface area contributed by atoms with Crippen LogP contribution in [0.5, 0.6) is 0 Å². The molecule has 0 aromatic heterocycles. The van der Waals surface area contributed by atoms with Crippen LogP contribution in [0.4, 0.5) is 0 Å². The first-order valence-corrected chi connectivity index (χ1v) is 11.6. The summed E-state index contributed by atoms with van der Waals surface area (Å²) in [6, 6.07) is 13.6. The topological polar surface area (TPSA) is 49.6 Å². The summed E-state index contributed by atoms with van der Waals surface area (Å²) < 4.78 is 0. The van der Waals surface area contributed by atoms with Crippen LogP contribution in [0.1, 0.15) is 48.8 Å². The van der Waals surface area contributed by atoms with Crippen LogP contribution in [-0.4, -0.2) is 35.6 Å². The number of amides is 1. The molecule has 2 aliphatic heterocycles. The number of halogens is 3. The van der Waals surface area contributed by atoms with Crippen LogP contribution >= 0.6 is 34.8 Å². The molecule has 0 aliphatic carbocycles. The van der Waals surface area contributed by atoms with Crippen LogP contribution in [-0.2, 0) is 4.79 Å². The van der Waals surface area contributed by atoms with Crippen molar-refractivity contribution in [1.82, 2.24) is 10.0 Å². The summed E-state index contributed by atoms with van der Waals surface area (Å²) in [7, 11) is 0. The molecule has 2 aromatic carbocycles. The Morgan fingerprint density at radius 2 is 1.60 bits per heavy atom. The SMILES string of the molecule is NC(=O)C1CC(c2ccc(Cl)cc2)C(c2ccc(Cl)cc2Cl)N(N2CCCCC2)C1. The predicted octanol–water partition coefficient (Wildman–Crippen LogP) is 5.68. The van der Waals surface area contributed by atoms with Crippen LogP contribution in [0.15, 0.2) is 42.5 Å². The molecule has 0 bridgehead atoms. The fraction of sp³-hybridized carbons (Fsp3) is 0.435. The van der Waals surface area contributed by atoms with Crippen LogP contribution in [0.3, 0.4) is 0 Å². The fourth-order valence-electron chi connectivity index (χ4n) is 4.84. The molecule has 2 fully saturated rings. The molecule has 2 aliphatic rings. The molecule has 0 spiro atoms. The molecule has 1 amide bonds. The molecular weight excluding hydrogens is 441 g/mol. The van der Waals surface area contributed by atoms with Crippen molar-refractivity contribution in [1.29, 1.82) is 0 Å². The monoisotopic (exact) mass is 465 g/mol. The van der Waals surface area contributed by atoms with Crippen molar-refractivity contribution in [3.63, 3.8) is 0 Å². The summed E-state index contributed by atoms with van der Waals surface area (Å²) in [5.74, 6) is -0.430. The number of piperidine rings is 2. The number of primary amides is 1. The number of benzene rings is 2. The van der Waals surface area contributed by atoms with E-state index in [1.165, 1.54) is 6.42 Å². The lowest BCUT2D eigenvalue weighted by Gasteiger charge is -2.50. The molecule has 2 aromatic rings. The fourth-order valence-corrected chi connectivity index (χ4v) is 5.48. The summed E-state index contributed by atoms with van der Waals surface area (Å²) in [4.78, 5) is 12.3. The molecule has 4 rings (SSSR count). The van der Waals surface area contributed by atoms with Crippen LogP contribution in [0.25, 0.3) is 0 Å². The van der Waals surface area contributed by atoms with Crippen molar-refractivity contribution in [2.24, 2.45) is 11.7 Å². The van der Waals surface area contributed by atoms with Gasteiger partial charge in [0.1, 0.15) is 0 Å². The molecule has 2 N–H and O–H groups in total. The Bertz CT molecular complexity index is 899. The van der Waals surface area contributed by atoms with Crippen molar-refractivity contribution in [2.75, 3.05) is 19.6 Å². The lowest BCUT2D eigenvalue weighted by atomic mass is 9.76. The standard InChI is InChI=1S/C23H26Cl3N3O/c24-17-6-4-15(5-7-17)20-12-16(23(27)30)14-29(28-10-2-1-3-11-28)22(20)19-9-8-18(25)13-21(19)26/h4-9,13,16,20,22H,1-3,10-12,14H2,(H2,27,30).